The van der Waals surface area contributed by atoms with Gasteiger partial charge < -0.3 is 5.32 Å². The predicted molar refractivity (Wildman–Crippen MR) is 107 cm³/mol. The third kappa shape index (κ3) is 5.77. The van der Waals surface area contributed by atoms with Gasteiger partial charge in [-0.25, -0.2) is 13.6 Å². The Labute approximate surface area is 161 Å². The van der Waals surface area contributed by atoms with Gasteiger partial charge in [0, 0.05) is 15.3 Å². The monoisotopic (exact) mass is 473 g/mol. The zero-order valence-electron chi connectivity index (χ0n) is 13.9. The van der Waals surface area contributed by atoms with E-state index < -0.39 is 10.0 Å². The number of amides is 1. The van der Waals surface area contributed by atoms with Gasteiger partial charge in [-0.3, -0.25) is 9.69 Å². The number of carbonyl (C=O) groups excluding carboxylic acids is 1. The molecule has 1 amide bonds. The molecule has 0 saturated heterocycles. The van der Waals surface area contributed by atoms with E-state index in [9.17, 15) is 13.2 Å². The van der Waals surface area contributed by atoms with Crippen molar-refractivity contribution in [3.05, 3.63) is 57.7 Å². The Kier molecular flexibility index (Phi) is 6.55. The van der Waals surface area contributed by atoms with Crippen molar-refractivity contribution in [2.24, 2.45) is 5.14 Å². The Balaban J connectivity index is 1.99. The highest BCUT2D eigenvalue weighted by atomic mass is 127. The number of benzene rings is 2. The lowest BCUT2D eigenvalue weighted by atomic mass is 10.1. The van der Waals surface area contributed by atoms with Gasteiger partial charge in [-0.05, 0) is 72.5 Å². The lowest BCUT2D eigenvalue weighted by Crippen LogP contribution is -2.32. The first-order valence-corrected chi connectivity index (χ1v) is 10.2. The van der Waals surface area contributed by atoms with Crippen LogP contribution in [0.5, 0.6) is 0 Å². The fraction of sp³-hybridized carbons (Fsp3) is 0.235. The fourth-order valence-corrected chi connectivity index (χ4v) is 3.38. The van der Waals surface area contributed by atoms with E-state index in [4.69, 9.17) is 5.14 Å². The third-order valence-electron chi connectivity index (χ3n) is 3.85. The van der Waals surface area contributed by atoms with E-state index in [1.54, 1.807) is 12.1 Å². The molecule has 25 heavy (non-hydrogen) atoms. The zero-order valence-corrected chi connectivity index (χ0v) is 16.9. The maximum atomic E-state index is 12.2. The Morgan fingerprint density at radius 3 is 2.44 bits per heavy atom. The predicted octanol–water partition coefficient (Wildman–Crippen LogP) is 2.57. The summed E-state index contributed by atoms with van der Waals surface area (Å²) < 4.78 is 23.7. The first kappa shape index (κ1) is 19.8. The highest BCUT2D eigenvalue weighted by Crippen LogP contribution is 2.20. The molecular formula is C17H20IN3O3S. The van der Waals surface area contributed by atoms with E-state index in [1.807, 2.05) is 43.1 Å². The summed E-state index contributed by atoms with van der Waals surface area (Å²) in [6.45, 7) is 2.16. The lowest BCUT2D eigenvalue weighted by Gasteiger charge is -2.24. The molecule has 0 aromatic heterocycles. The van der Waals surface area contributed by atoms with Crippen molar-refractivity contribution in [1.29, 1.82) is 0 Å². The van der Waals surface area contributed by atoms with Crippen LogP contribution in [0.25, 0.3) is 0 Å². The van der Waals surface area contributed by atoms with Crippen LogP contribution in [-0.2, 0) is 14.8 Å². The molecule has 0 aliphatic carbocycles. The van der Waals surface area contributed by atoms with Gasteiger partial charge in [-0.1, -0.05) is 18.2 Å². The van der Waals surface area contributed by atoms with Crippen LogP contribution in [0.3, 0.4) is 0 Å². The van der Waals surface area contributed by atoms with Crippen molar-refractivity contribution < 1.29 is 13.2 Å². The molecule has 8 heteroatoms. The van der Waals surface area contributed by atoms with E-state index >= 15 is 0 Å². The van der Waals surface area contributed by atoms with Crippen molar-refractivity contribution in [2.45, 2.75) is 17.9 Å². The molecule has 6 nitrogen and oxygen atoms in total. The number of rotatable bonds is 6. The second kappa shape index (κ2) is 8.26. The summed E-state index contributed by atoms with van der Waals surface area (Å²) in [6.07, 6.45) is 0. The van der Waals surface area contributed by atoms with E-state index in [2.05, 4.69) is 27.9 Å². The molecule has 0 radical (unpaired) electrons. The van der Waals surface area contributed by atoms with Crippen molar-refractivity contribution >= 4 is 44.2 Å². The van der Waals surface area contributed by atoms with Gasteiger partial charge in [0.1, 0.15) is 0 Å². The van der Waals surface area contributed by atoms with Crippen LogP contribution in [0.15, 0.2) is 53.4 Å². The standard InChI is InChI=1S/C17H20IN3O3S/c1-12(13-6-8-16(9-7-13)25(19,23)24)21(2)11-17(22)20-15-5-3-4-14(18)10-15/h3-10,12H,11H2,1-2H3,(H,20,22)(H2,19,23,24). The Morgan fingerprint density at radius 1 is 1.24 bits per heavy atom. The first-order chi connectivity index (χ1) is 11.7. The molecule has 1 unspecified atom stereocenters. The molecule has 0 saturated carbocycles. The number of hydrogen-bond acceptors (Lipinski definition) is 4. The summed E-state index contributed by atoms with van der Waals surface area (Å²) in [5.74, 6) is -0.113. The van der Waals surface area contributed by atoms with E-state index in [0.717, 1.165) is 14.8 Å². The van der Waals surface area contributed by atoms with Gasteiger partial charge in [-0.15, -0.1) is 0 Å². The normalized spacial score (nSPS) is 12.8. The average molecular weight is 473 g/mol. The van der Waals surface area contributed by atoms with Crippen LogP contribution in [0.2, 0.25) is 0 Å². The average Bonchev–Trinajstić information content (AvgIpc) is 2.53. The number of primary sulfonamides is 1. The van der Waals surface area contributed by atoms with Crippen LogP contribution < -0.4 is 10.5 Å². The molecule has 2 aromatic rings. The Morgan fingerprint density at radius 2 is 1.88 bits per heavy atom. The highest BCUT2D eigenvalue weighted by molar-refractivity contribution is 14.1. The Hall–Kier alpha value is -1.49. The summed E-state index contributed by atoms with van der Waals surface area (Å²) in [5, 5.41) is 7.97. The molecule has 0 heterocycles. The summed E-state index contributed by atoms with van der Waals surface area (Å²) >= 11 is 2.19. The van der Waals surface area contributed by atoms with Crippen LogP contribution in [0.1, 0.15) is 18.5 Å². The molecule has 1 atom stereocenters. The topological polar surface area (TPSA) is 92.5 Å². The van der Waals surface area contributed by atoms with Crippen molar-refractivity contribution in [1.82, 2.24) is 4.90 Å². The number of likely N-dealkylation sites (N-methyl/N-ethyl adjacent to an activating group) is 1. The number of carbonyl (C=O) groups is 1. The number of anilines is 1. The van der Waals surface area contributed by atoms with Crippen LogP contribution >= 0.6 is 22.6 Å². The smallest absolute Gasteiger partial charge is 0.238 e. The number of sulfonamides is 1. The second-order valence-corrected chi connectivity index (χ2v) is 8.57. The Bertz CT molecular complexity index is 854. The van der Waals surface area contributed by atoms with E-state index in [-0.39, 0.29) is 23.4 Å². The van der Waals surface area contributed by atoms with Crippen LogP contribution in [0.4, 0.5) is 5.69 Å². The molecule has 2 rings (SSSR count). The second-order valence-electron chi connectivity index (χ2n) is 5.76. The molecule has 134 valence electrons. The van der Waals surface area contributed by atoms with Crippen LogP contribution in [-0.4, -0.2) is 32.8 Å². The molecule has 0 aliphatic heterocycles. The largest absolute Gasteiger partial charge is 0.325 e. The number of nitrogens with zero attached hydrogens (tertiary/aromatic N) is 1. The highest BCUT2D eigenvalue weighted by Gasteiger charge is 2.16. The van der Waals surface area contributed by atoms with E-state index in [1.165, 1.54) is 12.1 Å². The number of hydrogen-bond donors (Lipinski definition) is 2. The molecule has 2 aromatic carbocycles. The van der Waals surface area contributed by atoms with Gasteiger partial charge in [0.2, 0.25) is 15.9 Å². The van der Waals surface area contributed by atoms with Crippen molar-refractivity contribution in [3.8, 4) is 0 Å². The summed E-state index contributed by atoms with van der Waals surface area (Å²) in [5.41, 5.74) is 1.66. The number of halogens is 1. The molecule has 0 bridgehead atoms. The minimum Gasteiger partial charge on any atom is -0.325 e. The van der Waals surface area contributed by atoms with Gasteiger partial charge in [0.05, 0.1) is 11.4 Å². The third-order valence-corrected chi connectivity index (χ3v) is 5.45. The summed E-state index contributed by atoms with van der Waals surface area (Å²) in [7, 11) is -1.86. The van der Waals surface area contributed by atoms with E-state index in [0.29, 0.717) is 0 Å². The van der Waals surface area contributed by atoms with Gasteiger partial charge in [-0.2, -0.15) is 0 Å². The minimum atomic E-state index is -3.70. The van der Waals surface area contributed by atoms with Gasteiger partial charge in [0.15, 0.2) is 0 Å². The first-order valence-electron chi connectivity index (χ1n) is 7.55. The number of nitrogens with one attached hydrogen (secondary N) is 1. The maximum absolute atomic E-state index is 12.2. The quantitative estimate of drug-likeness (QED) is 0.631. The molecule has 0 aliphatic rings. The van der Waals surface area contributed by atoms with Crippen molar-refractivity contribution in [2.75, 3.05) is 18.9 Å². The fourth-order valence-electron chi connectivity index (χ4n) is 2.32. The summed E-state index contributed by atoms with van der Waals surface area (Å²) in [6, 6.07) is 13.9. The molecule has 0 fully saturated rings. The molecular weight excluding hydrogens is 453 g/mol. The van der Waals surface area contributed by atoms with Gasteiger partial charge in [0.25, 0.3) is 0 Å². The lowest BCUT2D eigenvalue weighted by molar-refractivity contribution is -0.117. The van der Waals surface area contributed by atoms with Crippen molar-refractivity contribution in [3.63, 3.8) is 0 Å². The minimum absolute atomic E-state index is 0.0591. The molecule has 3 N–H and O–H groups in total. The molecule has 0 spiro atoms. The van der Waals surface area contributed by atoms with Crippen LogP contribution in [0, 0.1) is 3.57 Å². The zero-order chi connectivity index (χ0) is 18.6. The maximum Gasteiger partial charge on any atom is 0.238 e. The summed E-state index contributed by atoms with van der Waals surface area (Å²) in [4.78, 5) is 14.2. The number of nitrogens with two attached hydrogens (primary N) is 1. The SMILES string of the molecule is CC(c1ccc(S(N)(=O)=O)cc1)N(C)CC(=O)Nc1cccc(I)c1. The van der Waals surface area contributed by atoms with Gasteiger partial charge >= 0.3 is 0 Å².